The van der Waals surface area contributed by atoms with Crippen molar-refractivity contribution in [3.63, 3.8) is 0 Å². The van der Waals surface area contributed by atoms with Gasteiger partial charge < -0.3 is 21.4 Å². The van der Waals surface area contributed by atoms with Crippen molar-refractivity contribution in [2.75, 3.05) is 20.1 Å². The number of hydrogen-bond acceptors (Lipinski definition) is 5. The Kier molecular flexibility index (Phi) is 8.53. The van der Waals surface area contributed by atoms with E-state index < -0.39 is 11.5 Å². The van der Waals surface area contributed by atoms with Gasteiger partial charge >= 0.3 is 5.69 Å². The van der Waals surface area contributed by atoms with Crippen LogP contribution in [0.3, 0.4) is 0 Å². The van der Waals surface area contributed by atoms with Crippen LogP contribution >= 0.6 is 11.6 Å². The second-order valence-corrected chi connectivity index (χ2v) is 9.54. The van der Waals surface area contributed by atoms with Crippen LogP contribution in [0.4, 0.5) is 4.39 Å². The van der Waals surface area contributed by atoms with Crippen molar-refractivity contribution in [2.24, 2.45) is 5.73 Å². The molecule has 0 aliphatic carbocycles. The van der Waals surface area contributed by atoms with Crippen LogP contribution in [0.15, 0.2) is 53.5 Å². The number of aryl methyl sites for hydroxylation is 1. The van der Waals surface area contributed by atoms with Crippen molar-refractivity contribution in [3.05, 3.63) is 81.1 Å². The fourth-order valence-electron chi connectivity index (χ4n) is 4.16. The van der Waals surface area contributed by atoms with E-state index in [1.807, 2.05) is 38.2 Å². The molecule has 0 saturated heterocycles. The summed E-state index contributed by atoms with van der Waals surface area (Å²) in [7, 11) is 1.92. The lowest BCUT2D eigenvalue weighted by atomic mass is 10.0. The number of likely N-dealkylation sites (N-methyl/N-ethyl adjacent to an activating group) is 1. The number of aromatic nitrogens is 3. The average molecular weight is 511 g/mol. The predicted molar refractivity (Wildman–Crippen MR) is 144 cm³/mol. The summed E-state index contributed by atoms with van der Waals surface area (Å²) in [6, 6.07) is 13.1. The zero-order valence-corrected chi connectivity index (χ0v) is 21.3. The largest absolute Gasteiger partial charge is 0.354 e. The summed E-state index contributed by atoms with van der Waals surface area (Å²) >= 11 is 6.21. The third-order valence-electron chi connectivity index (χ3n) is 6.11. The molecule has 0 amide bonds. The van der Waals surface area contributed by atoms with Crippen molar-refractivity contribution < 1.29 is 4.39 Å². The quantitative estimate of drug-likeness (QED) is 0.227. The Morgan fingerprint density at radius 2 is 1.94 bits per heavy atom. The zero-order valence-electron chi connectivity index (χ0n) is 20.6. The summed E-state index contributed by atoms with van der Waals surface area (Å²) in [6.07, 6.45) is 4.23. The summed E-state index contributed by atoms with van der Waals surface area (Å²) in [5.41, 5.74) is 9.46. The minimum Gasteiger partial charge on any atom is -0.339 e. The van der Waals surface area contributed by atoms with E-state index in [1.54, 1.807) is 24.4 Å². The second kappa shape index (κ2) is 11.8. The highest BCUT2D eigenvalue weighted by Crippen LogP contribution is 2.31. The molecule has 2 aromatic heterocycles. The van der Waals surface area contributed by atoms with Crippen molar-refractivity contribution >= 4 is 22.6 Å². The number of nitrogens with zero attached hydrogens (tertiary/aromatic N) is 2. The Morgan fingerprint density at radius 3 is 2.67 bits per heavy atom. The van der Waals surface area contributed by atoms with Gasteiger partial charge in [-0.25, -0.2) is 9.18 Å². The summed E-state index contributed by atoms with van der Waals surface area (Å²) in [6.45, 7) is 4.48. The van der Waals surface area contributed by atoms with Crippen molar-refractivity contribution in [1.29, 1.82) is 0 Å². The number of halogens is 2. The number of fused-ring (bicyclic) bond motifs is 1. The SMILES string of the molecule is CNCCNCc1ccc(-n2cc3cc(-c4cc(CCC[C@H](C)N)cc(Cl)c4F)[nH]c3nc2=O)cc1. The molecule has 9 heteroatoms. The van der Waals surface area contributed by atoms with E-state index >= 15 is 0 Å². The van der Waals surface area contributed by atoms with Crippen LogP contribution in [0.1, 0.15) is 30.9 Å². The van der Waals surface area contributed by atoms with E-state index in [2.05, 4.69) is 20.6 Å². The van der Waals surface area contributed by atoms with Gasteiger partial charge in [0, 0.05) is 42.8 Å². The fourth-order valence-corrected chi connectivity index (χ4v) is 4.40. The van der Waals surface area contributed by atoms with E-state index in [0.29, 0.717) is 28.0 Å². The standard InChI is InChI=1S/C27H32ClFN6O/c1-17(30)4-3-5-19-12-22(25(29)23(28)13-19)24-14-20-16-35(27(36)34-26(20)33-24)21-8-6-18(7-9-21)15-32-11-10-31-2/h6-9,12-14,16-17,31-32H,3-5,10-11,15,30H2,1-2H3,(H,33,34,36)/t17-/m0/s1. The Hall–Kier alpha value is -3.04. The van der Waals surface area contributed by atoms with Gasteiger partial charge in [-0.15, -0.1) is 0 Å². The summed E-state index contributed by atoms with van der Waals surface area (Å²) in [4.78, 5) is 20.0. The maximum atomic E-state index is 15.0. The van der Waals surface area contributed by atoms with Gasteiger partial charge in [-0.1, -0.05) is 23.7 Å². The highest BCUT2D eigenvalue weighted by Gasteiger charge is 2.15. The molecular weight excluding hydrogens is 479 g/mol. The molecule has 0 aliphatic rings. The summed E-state index contributed by atoms with van der Waals surface area (Å²) < 4.78 is 16.5. The van der Waals surface area contributed by atoms with Gasteiger partial charge in [-0.2, -0.15) is 4.98 Å². The highest BCUT2D eigenvalue weighted by molar-refractivity contribution is 6.31. The molecule has 4 aromatic rings. The van der Waals surface area contributed by atoms with Crippen LogP contribution in [0.2, 0.25) is 5.02 Å². The lowest BCUT2D eigenvalue weighted by Crippen LogP contribution is -2.24. The fraction of sp³-hybridized carbons (Fsp3) is 0.333. The van der Waals surface area contributed by atoms with Crippen molar-refractivity contribution in [1.82, 2.24) is 25.2 Å². The average Bonchev–Trinajstić information content (AvgIpc) is 3.26. The van der Waals surface area contributed by atoms with Gasteiger partial charge in [0.05, 0.1) is 16.4 Å². The lowest BCUT2D eigenvalue weighted by molar-refractivity contribution is 0.618. The van der Waals surface area contributed by atoms with E-state index in [-0.39, 0.29) is 11.1 Å². The van der Waals surface area contributed by atoms with Crippen LogP contribution in [0, 0.1) is 5.82 Å². The summed E-state index contributed by atoms with van der Waals surface area (Å²) in [5, 5.41) is 7.21. The number of nitrogens with two attached hydrogens (primary N) is 1. The topological polar surface area (TPSA) is 101 Å². The van der Waals surface area contributed by atoms with E-state index in [9.17, 15) is 9.18 Å². The minimum absolute atomic E-state index is 0.0648. The number of rotatable bonds is 11. The van der Waals surface area contributed by atoms with Gasteiger partial charge in [0.2, 0.25) is 0 Å². The molecule has 0 fully saturated rings. The number of aromatic amines is 1. The smallest absolute Gasteiger partial charge is 0.339 e. The van der Waals surface area contributed by atoms with Gasteiger partial charge in [-0.3, -0.25) is 4.57 Å². The monoisotopic (exact) mass is 510 g/mol. The molecule has 2 aromatic carbocycles. The first-order valence-corrected chi connectivity index (χ1v) is 12.5. The van der Waals surface area contributed by atoms with Crippen molar-refractivity contribution in [3.8, 4) is 16.9 Å². The maximum Gasteiger partial charge on any atom is 0.354 e. The Morgan fingerprint density at radius 1 is 1.17 bits per heavy atom. The van der Waals surface area contributed by atoms with Crippen LogP contribution in [0.5, 0.6) is 0 Å². The van der Waals surface area contributed by atoms with Crippen LogP contribution in [-0.4, -0.2) is 40.7 Å². The second-order valence-electron chi connectivity index (χ2n) is 9.14. The molecule has 4 rings (SSSR count). The first kappa shape index (κ1) is 26.0. The van der Waals surface area contributed by atoms with Gasteiger partial charge in [0.25, 0.3) is 0 Å². The molecule has 190 valence electrons. The molecule has 1 atom stereocenters. The molecule has 0 bridgehead atoms. The number of benzene rings is 2. The van der Waals surface area contributed by atoms with E-state index in [0.717, 1.165) is 50.0 Å². The number of nitrogens with one attached hydrogen (secondary N) is 3. The van der Waals surface area contributed by atoms with Gasteiger partial charge in [0.1, 0.15) is 5.65 Å². The molecule has 0 radical (unpaired) electrons. The Bertz CT molecular complexity index is 1380. The van der Waals surface area contributed by atoms with Gasteiger partial charge in [-0.05, 0) is 74.7 Å². The molecule has 0 aliphatic heterocycles. The number of hydrogen-bond donors (Lipinski definition) is 4. The molecule has 7 nitrogen and oxygen atoms in total. The predicted octanol–water partition coefficient (Wildman–Crippen LogP) is 4.15. The third kappa shape index (κ3) is 6.20. The molecule has 2 heterocycles. The molecule has 5 N–H and O–H groups in total. The van der Waals surface area contributed by atoms with Gasteiger partial charge in [0.15, 0.2) is 5.82 Å². The molecule has 36 heavy (non-hydrogen) atoms. The van der Waals surface area contributed by atoms with E-state index in [4.69, 9.17) is 17.3 Å². The summed E-state index contributed by atoms with van der Waals surface area (Å²) in [5.74, 6) is -0.506. The first-order chi connectivity index (χ1) is 17.4. The van der Waals surface area contributed by atoms with E-state index in [1.165, 1.54) is 4.57 Å². The third-order valence-corrected chi connectivity index (χ3v) is 6.38. The molecule has 0 unspecified atom stereocenters. The highest BCUT2D eigenvalue weighted by atomic mass is 35.5. The Labute approximate surface area is 214 Å². The van der Waals surface area contributed by atoms with Crippen LogP contribution < -0.4 is 22.1 Å². The lowest BCUT2D eigenvalue weighted by Gasteiger charge is -2.09. The zero-order chi connectivity index (χ0) is 25.7. The maximum absolute atomic E-state index is 15.0. The molecule has 0 spiro atoms. The number of H-pyrrole nitrogens is 1. The minimum atomic E-state index is -0.506. The van der Waals surface area contributed by atoms with Crippen LogP contribution in [-0.2, 0) is 13.0 Å². The normalized spacial score (nSPS) is 12.4. The molecule has 0 saturated carbocycles. The van der Waals surface area contributed by atoms with Crippen LogP contribution in [0.25, 0.3) is 28.0 Å². The Balaban J connectivity index is 1.60. The first-order valence-electron chi connectivity index (χ1n) is 12.2. The van der Waals surface area contributed by atoms with Crippen molar-refractivity contribution in [2.45, 2.75) is 38.8 Å². The molecular formula is C27H32ClFN6O.